The first-order valence-corrected chi connectivity index (χ1v) is 7.84. The molecule has 0 heterocycles. The number of allylic oxidation sites excluding steroid dienone is 2. The molecule has 5 heteroatoms. The van der Waals surface area contributed by atoms with E-state index in [9.17, 15) is 14.7 Å². The van der Waals surface area contributed by atoms with E-state index in [0.717, 1.165) is 5.56 Å². The number of rotatable bonds is 8. The van der Waals surface area contributed by atoms with Crippen molar-refractivity contribution >= 4 is 11.6 Å². The molecule has 0 fully saturated rings. The predicted molar refractivity (Wildman–Crippen MR) is 94.2 cm³/mol. The number of carbonyl (C=O) groups excluding carboxylic acids is 2. The van der Waals surface area contributed by atoms with Crippen molar-refractivity contribution in [1.82, 2.24) is 0 Å². The zero-order valence-corrected chi connectivity index (χ0v) is 14.2. The van der Waals surface area contributed by atoms with Gasteiger partial charge in [0.15, 0.2) is 11.6 Å². The van der Waals surface area contributed by atoms with E-state index in [4.69, 9.17) is 9.47 Å². The highest BCUT2D eigenvalue weighted by Crippen LogP contribution is 2.34. The Morgan fingerprint density at radius 2 is 1.84 bits per heavy atom. The average Bonchev–Trinajstić information content (AvgIpc) is 2.59. The van der Waals surface area contributed by atoms with E-state index in [1.807, 2.05) is 30.3 Å². The quantitative estimate of drug-likeness (QED) is 0.586. The summed E-state index contributed by atoms with van der Waals surface area (Å²) in [6.07, 6.45) is 2.89. The Kier molecular flexibility index (Phi) is 6.34. The van der Waals surface area contributed by atoms with Crippen molar-refractivity contribution in [1.29, 1.82) is 0 Å². The zero-order chi connectivity index (χ0) is 18.2. The van der Waals surface area contributed by atoms with Gasteiger partial charge in [-0.3, -0.25) is 9.59 Å². The van der Waals surface area contributed by atoms with Crippen molar-refractivity contribution in [2.75, 3.05) is 6.61 Å². The highest BCUT2D eigenvalue weighted by molar-refractivity contribution is 6.08. The van der Waals surface area contributed by atoms with Gasteiger partial charge in [-0.05, 0) is 25.5 Å². The van der Waals surface area contributed by atoms with Crippen LogP contribution < -0.4 is 9.47 Å². The summed E-state index contributed by atoms with van der Waals surface area (Å²) in [5.74, 6) is -0.404. The third kappa shape index (κ3) is 5.21. The summed E-state index contributed by atoms with van der Waals surface area (Å²) in [4.78, 5) is 23.4. The molecule has 0 saturated carbocycles. The van der Waals surface area contributed by atoms with Crippen molar-refractivity contribution in [3.63, 3.8) is 0 Å². The Balaban J connectivity index is 2.29. The monoisotopic (exact) mass is 340 g/mol. The van der Waals surface area contributed by atoms with Crippen molar-refractivity contribution in [3.8, 4) is 17.2 Å². The van der Waals surface area contributed by atoms with Crippen LogP contribution in [-0.4, -0.2) is 23.3 Å². The second kappa shape index (κ2) is 8.68. The zero-order valence-electron chi connectivity index (χ0n) is 14.2. The molecule has 2 aromatic carbocycles. The summed E-state index contributed by atoms with van der Waals surface area (Å²) in [6.45, 7) is 3.18. The second-order valence-corrected chi connectivity index (χ2v) is 5.44. The van der Waals surface area contributed by atoms with Crippen LogP contribution in [0.15, 0.2) is 54.6 Å². The minimum Gasteiger partial charge on any atom is -0.507 e. The van der Waals surface area contributed by atoms with E-state index in [0.29, 0.717) is 12.4 Å². The number of carbonyl (C=O) groups is 2. The molecule has 25 heavy (non-hydrogen) atoms. The van der Waals surface area contributed by atoms with Gasteiger partial charge in [-0.15, -0.1) is 0 Å². The molecule has 0 saturated heterocycles. The summed E-state index contributed by atoms with van der Waals surface area (Å²) in [5.41, 5.74) is 0.966. The van der Waals surface area contributed by atoms with Crippen LogP contribution in [0.4, 0.5) is 0 Å². The smallest absolute Gasteiger partial charge is 0.192 e. The number of hydrogen-bond acceptors (Lipinski definition) is 5. The molecule has 0 unspecified atom stereocenters. The molecule has 130 valence electrons. The van der Waals surface area contributed by atoms with Crippen LogP contribution in [0, 0.1) is 0 Å². The van der Waals surface area contributed by atoms with Gasteiger partial charge in [-0.2, -0.15) is 0 Å². The molecule has 0 bridgehead atoms. The van der Waals surface area contributed by atoms with Gasteiger partial charge in [-0.1, -0.05) is 36.4 Å². The number of ether oxygens (including phenoxy) is 2. The topological polar surface area (TPSA) is 72.8 Å². The Labute approximate surface area is 146 Å². The number of aromatic hydroxyl groups is 1. The predicted octanol–water partition coefficient (Wildman–Crippen LogP) is 3.70. The Bertz CT molecular complexity index is 778. The summed E-state index contributed by atoms with van der Waals surface area (Å²) in [6, 6.07) is 12.4. The summed E-state index contributed by atoms with van der Waals surface area (Å²) in [5, 5.41) is 10.2. The summed E-state index contributed by atoms with van der Waals surface area (Å²) in [7, 11) is 0. The van der Waals surface area contributed by atoms with Crippen LogP contribution >= 0.6 is 0 Å². The Morgan fingerprint density at radius 3 is 2.48 bits per heavy atom. The number of phenols is 1. The van der Waals surface area contributed by atoms with Crippen molar-refractivity contribution in [2.45, 2.75) is 20.5 Å². The highest BCUT2D eigenvalue weighted by Gasteiger charge is 2.18. The lowest BCUT2D eigenvalue weighted by Gasteiger charge is -2.14. The van der Waals surface area contributed by atoms with Crippen LogP contribution in [0.3, 0.4) is 0 Å². The Morgan fingerprint density at radius 1 is 1.12 bits per heavy atom. The van der Waals surface area contributed by atoms with Crippen LogP contribution in [0.25, 0.3) is 0 Å². The molecular weight excluding hydrogens is 320 g/mol. The summed E-state index contributed by atoms with van der Waals surface area (Å²) < 4.78 is 11.1. The molecule has 2 aromatic rings. The van der Waals surface area contributed by atoms with E-state index in [1.165, 1.54) is 25.1 Å². The van der Waals surface area contributed by atoms with E-state index in [-0.39, 0.29) is 29.5 Å². The van der Waals surface area contributed by atoms with E-state index in [2.05, 4.69) is 0 Å². The molecule has 2 rings (SSSR count). The lowest BCUT2D eigenvalue weighted by atomic mass is 10.1. The second-order valence-electron chi connectivity index (χ2n) is 5.44. The Hall–Kier alpha value is -3.08. The number of Topliss-reactive ketones (excluding diaryl/α,β-unsaturated/α-hetero) is 1. The third-order valence-electron chi connectivity index (χ3n) is 3.30. The van der Waals surface area contributed by atoms with Gasteiger partial charge < -0.3 is 14.6 Å². The average molecular weight is 340 g/mol. The molecule has 0 spiro atoms. The van der Waals surface area contributed by atoms with Crippen LogP contribution in [-0.2, 0) is 11.4 Å². The van der Waals surface area contributed by atoms with Gasteiger partial charge in [0.1, 0.15) is 36.0 Å². The number of phenolic OH excluding ortho intramolecular Hbond substituents is 1. The van der Waals surface area contributed by atoms with Gasteiger partial charge in [-0.25, -0.2) is 0 Å². The third-order valence-corrected chi connectivity index (χ3v) is 3.30. The highest BCUT2D eigenvalue weighted by atomic mass is 16.5. The van der Waals surface area contributed by atoms with Crippen molar-refractivity contribution in [3.05, 3.63) is 65.7 Å². The molecule has 0 amide bonds. The first-order valence-electron chi connectivity index (χ1n) is 7.84. The van der Waals surface area contributed by atoms with Gasteiger partial charge in [0, 0.05) is 12.1 Å². The molecule has 0 aliphatic carbocycles. The lowest BCUT2D eigenvalue weighted by Crippen LogP contribution is -2.10. The first-order chi connectivity index (χ1) is 12.0. The van der Waals surface area contributed by atoms with Gasteiger partial charge in [0.2, 0.25) is 0 Å². The SMILES string of the molecule is C/C=C/C(=O)c1c(O)cc(OCc2ccccc2)cc1OCC(C)=O. The first kappa shape index (κ1) is 18.3. The molecule has 0 aromatic heterocycles. The largest absolute Gasteiger partial charge is 0.507 e. The maximum atomic E-state index is 12.2. The fraction of sp³-hybridized carbons (Fsp3) is 0.200. The normalized spacial score (nSPS) is 10.6. The molecule has 0 radical (unpaired) electrons. The lowest BCUT2D eigenvalue weighted by molar-refractivity contribution is -0.118. The number of ketones is 2. The molecule has 0 aliphatic rings. The minimum atomic E-state index is -0.409. The van der Waals surface area contributed by atoms with Crippen LogP contribution in [0.2, 0.25) is 0 Å². The molecular formula is C20H20O5. The van der Waals surface area contributed by atoms with Crippen molar-refractivity contribution < 1.29 is 24.2 Å². The maximum absolute atomic E-state index is 12.2. The van der Waals surface area contributed by atoms with Gasteiger partial charge in [0.25, 0.3) is 0 Å². The maximum Gasteiger partial charge on any atom is 0.192 e. The van der Waals surface area contributed by atoms with E-state index >= 15 is 0 Å². The number of hydrogen-bond donors (Lipinski definition) is 1. The number of benzene rings is 2. The van der Waals surface area contributed by atoms with Crippen molar-refractivity contribution in [2.24, 2.45) is 0 Å². The van der Waals surface area contributed by atoms with Gasteiger partial charge >= 0.3 is 0 Å². The molecule has 0 aliphatic heterocycles. The fourth-order valence-electron chi connectivity index (χ4n) is 2.18. The van der Waals surface area contributed by atoms with Gasteiger partial charge in [0.05, 0.1) is 0 Å². The standard InChI is InChI=1S/C20H20O5/c1-3-7-17(22)20-18(23)10-16(11-19(20)25-12-14(2)21)24-13-15-8-5-4-6-9-15/h3-11,23H,12-13H2,1-2H3/b7-3+. The minimum absolute atomic E-state index is 0.00594. The van der Waals surface area contributed by atoms with E-state index in [1.54, 1.807) is 13.0 Å². The molecule has 1 N–H and O–H groups in total. The van der Waals surface area contributed by atoms with Crippen LogP contribution in [0.5, 0.6) is 17.2 Å². The van der Waals surface area contributed by atoms with E-state index < -0.39 is 5.78 Å². The molecule has 0 atom stereocenters. The fourth-order valence-corrected chi connectivity index (χ4v) is 2.18. The summed E-state index contributed by atoms with van der Waals surface area (Å²) >= 11 is 0. The van der Waals surface area contributed by atoms with Crippen LogP contribution in [0.1, 0.15) is 29.8 Å². The molecule has 5 nitrogen and oxygen atoms in total.